The van der Waals surface area contributed by atoms with Crippen LogP contribution in [0.4, 0.5) is 5.13 Å². The predicted molar refractivity (Wildman–Crippen MR) is 128 cm³/mol. The van der Waals surface area contributed by atoms with Gasteiger partial charge in [0.1, 0.15) is 10.9 Å². The van der Waals surface area contributed by atoms with Crippen molar-refractivity contribution in [1.29, 1.82) is 0 Å². The molecule has 0 aromatic carbocycles. The lowest BCUT2D eigenvalue weighted by Gasteiger charge is -2.56. The van der Waals surface area contributed by atoms with Gasteiger partial charge in [0.25, 0.3) is 11.1 Å². The number of hydrogen-bond acceptors (Lipinski definition) is 9. The topological polar surface area (TPSA) is 119 Å². The molecule has 2 saturated carbocycles. The molecule has 0 radical (unpaired) electrons. The number of halogens is 1. The van der Waals surface area contributed by atoms with Crippen molar-refractivity contribution in [2.45, 2.75) is 38.7 Å². The zero-order valence-corrected chi connectivity index (χ0v) is 20.3. The van der Waals surface area contributed by atoms with Crippen LogP contribution in [-0.4, -0.2) is 51.0 Å². The second-order valence-corrected chi connectivity index (χ2v) is 10.4. The van der Waals surface area contributed by atoms with Gasteiger partial charge in [-0.1, -0.05) is 16.7 Å². The number of nitrogens with zero attached hydrogens (tertiary/aromatic N) is 4. The first-order valence-corrected chi connectivity index (χ1v) is 12.2. The second kappa shape index (κ2) is 9.09. The quantitative estimate of drug-likeness (QED) is 0.463. The summed E-state index contributed by atoms with van der Waals surface area (Å²) < 4.78 is 11.2. The number of rotatable bonds is 7. The van der Waals surface area contributed by atoms with Gasteiger partial charge in [0.2, 0.25) is 5.13 Å². The van der Waals surface area contributed by atoms with Crippen molar-refractivity contribution in [3.8, 4) is 22.1 Å². The van der Waals surface area contributed by atoms with Crippen LogP contribution in [0.1, 0.15) is 41.7 Å². The molecule has 0 saturated heterocycles. The van der Waals surface area contributed by atoms with Crippen molar-refractivity contribution in [3.63, 3.8) is 0 Å². The third-order valence-corrected chi connectivity index (χ3v) is 7.44. The van der Waals surface area contributed by atoms with E-state index >= 15 is 0 Å². The lowest BCUT2D eigenvalue weighted by molar-refractivity contribution is -0.118. The Morgan fingerprint density at radius 3 is 2.74 bits per heavy atom. The number of amides is 1. The highest BCUT2D eigenvalue weighted by atomic mass is 35.5. The summed E-state index contributed by atoms with van der Waals surface area (Å²) in [5.41, 5.74) is 2.67. The zero-order valence-electron chi connectivity index (χ0n) is 18.7. The van der Waals surface area contributed by atoms with Crippen LogP contribution in [0.2, 0.25) is 5.15 Å². The van der Waals surface area contributed by atoms with E-state index in [0.717, 1.165) is 31.4 Å². The maximum Gasteiger partial charge on any atom is 0.295 e. The van der Waals surface area contributed by atoms with Gasteiger partial charge in [0, 0.05) is 23.0 Å². The number of aliphatic hydroxyl groups is 1. The molecule has 3 aromatic heterocycles. The molecule has 178 valence electrons. The van der Waals surface area contributed by atoms with Crippen LogP contribution in [0, 0.1) is 18.3 Å². The molecule has 3 aromatic rings. The van der Waals surface area contributed by atoms with Gasteiger partial charge >= 0.3 is 0 Å². The highest BCUT2D eigenvalue weighted by Gasteiger charge is 2.52. The predicted octanol–water partition coefficient (Wildman–Crippen LogP) is 4.15. The second-order valence-electron chi connectivity index (χ2n) is 9.05. The number of nitrogens with one attached hydrogen (secondary N) is 1. The van der Waals surface area contributed by atoms with Crippen molar-refractivity contribution >= 4 is 34.0 Å². The summed E-state index contributed by atoms with van der Waals surface area (Å²) >= 11 is 7.28. The first-order valence-electron chi connectivity index (χ1n) is 11.0. The Kier molecular flexibility index (Phi) is 6.13. The fraction of sp³-hybridized carbons (Fsp3) is 0.435. The third kappa shape index (κ3) is 4.57. The number of carbonyl (C=O) groups excluding carboxylic acids is 1. The molecule has 34 heavy (non-hydrogen) atoms. The monoisotopic (exact) mass is 501 g/mol. The van der Waals surface area contributed by atoms with Crippen LogP contribution < -0.4 is 14.8 Å². The number of anilines is 1. The van der Waals surface area contributed by atoms with E-state index in [-0.39, 0.29) is 17.2 Å². The summed E-state index contributed by atoms with van der Waals surface area (Å²) in [4.78, 5) is 21.4. The number of aromatic nitrogens is 4. The Morgan fingerprint density at radius 1 is 1.21 bits per heavy atom. The fourth-order valence-corrected chi connectivity index (χ4v) is 5.74. The number of aliphatic hydroxyl groups excluding tert-OH is 1. The third-order valence-electron chi connectivity index (χ3n) is 6.48. The molecule has 2 N–H and O–H groups in total. The lowest BCUT2D eigenvalue weighted by Crippen LogP contribution is -2.51. The number of ether oxygens (including phenoxy) is 2. The molecule has 0 unspecified atom stereocenters. The van der Waals surface area contributed by atoms with E-state index in [2.05, 4.69) is 25.5 Å². The molecule has 1 amide bonds. The maximum atomic E-state index is 13.1. The minimum Gasteiger partial charge on any atom is -0.494 e. The van der Waals surface area contributed by atoms with Crippen LogP contribution in [0.3, 0.4) is 0 Å². The highest BCUT2D eigenvalue weighted by Crippen LogP contribution is 2.58. The van der Waals surface area contributed by atoms with Crippen molar-refractivity contribution < 1.29 is 19.4 Å². The van der Waals surface area contributed by atoms with E-state index in [4.69, 9.17) is 21.1 Å². The van der Waals surface area contributed by atoms with Gasteiger partial charge in [-0.15, -0.1) is 5.10 Å². The van der Waals surface area contributed by atoms with Crippen molar-refractivity contribution in [3.05, 3.63) is 40.9 Å². The summed E-state index contributed by atoms with van der Waals surface area (Å²) in [6.07, 6.45) is 6.88. The molecule has 11 heteroatoms. The maximum absolute atomic E-state index is 13.1. The van der Waals surface area contributed by atoms with Crippen LogP contribution in [0.25, 0.3) is 11.1 Å². The molecule has 5 rings (SSSR count). The Bertz CT molecular complexity index is 1220. The van der Waals surface area contributed by atoms with E-state index in [1.54, 1.807) is 12.1 Å². The SMILES string of the molecule is COc1cnc(Cl)cc1-c1cc(C)ncc1C(=O)Nc1nnc(OCC2CC3(CC(O)C3)C2)s1. The van der Waals surface area contributed by atoms with Crippen molar-refractivity contribution in [1.82, 2.24) is 20.2 Å². The first kappa shape index (κ1) is 22.9. The van der Waals surface area contributed by atoms with Crippen LogP contribution in [-0.2, 0) is 0 Å². The lowest BCUT2D eigenvalue weighted by atomic mass is 9.51. The van der Waals surface area contributed by atoms with E-state index in [0.29, 0.717) is 50.7 Å². The summed E-state index contributed by atoms with van der Waals surface area (Å²) in [6, 6.07) is 3.45. The van der Waals surface area contributed by atoms with Gasteiger partial charge in [-0.25, -0.2) is 4.98 Å². The average Bonchev–Trinajstić information content (AvgIpc) is 3.21. The zero-order chi connectivity index (χ0) is 23.9. The van der Waals surface area contributed by atoms with E-state index in [1.807, 2.05) is 6.92 Å². The molecule has 1 spiro atoms. The van der Waals surface area contributed by atoms with E-state index in [1.165, 1.54) is 30.8 Å². The number of pyridine rings is 2. The molecule has 0 atom stereocenters. The molecule has 0 bridgehead atoms. The summed E-state index contributed by atoms with van der Waals surface area (Å²) in [5.74, 6) is 0.576. The molecule has 0 aliphatic heterocycles. The van der Waals surface area contributed by atoms with Gasteiger partial charge in [-0.3, -0.25) is 15.1 Å². The van der Waals surface area contributed by atoms with E-state index in [9.17, 15) is 9.90 Å². The van der Waals surface area contributed by atoms with Gasteiger partial charge in [-0.2, -0.15) is 0 Å². The van der Waals surface area contributed by atoms with E-state index < -0.39 is 0 Å². The Morgan fingerprint density at radius 2 is 2.00 bits per heavy atom. The minimum absolute atomic E-state index is 0.128. The average molecular weight is 502 g/mol. The molecular formula is C23H24ClN5O4S. The largest absolute Gasteiger partial charge is 0.494 e. The molecule has 9 nitrogen and oxygen atoms in total. The Balaban J connectivity index is 1.26. The number of aryl methyl sites for hydroxylation is 1. The normalized spacial score (nSPS) is 23.2. The van der Waals surface area contributed by atoms with Crippen LogP contribution in [0.5, 0.6) is 10.9 Å². The molecular weight excluding hydrogens is 478 g/mol. The summed E-state index contributed by atoms with van der Waals surface area (Å²) in [7, 11) is 1.53. The fourth-order valence-electron chi connectivity index (χ4n) is 4.98. The molecule has 2 aliphatic carbocycles. The van der Waals surface area contributed by atoms with Crippen LogP contribution >= 0.6 is 22.9 Å². The number of methoxy groups -OCH3 is 1. The van der Waals surface area contributed by atoms with Gasteiger partial charge < -0.3 is 14.6 Å². The van der Waals surface area contributed by atoms with Gasteiger partial charge in [0.15, 0.2) is 0 Å². The first-order chi connectivity index (χ1) is 16.3. The van der Waals surface area contributed by atoms with Gasteiger partial charge in [-0.05, 0) is 67.4 Å². The van der Waals surface area contributed by atoms with Crippen molar-refractivity contribution in [2.24, 2.45) is 11.3 Å². The minimum atomic E-state index is -0.385. The van der Waals surface area contributed by atoms with Gasteiger partial charge in [0.05, 0.1) is 31.6 Å². The molecule has 2 aliphatic rings. The van der Waals surface area contributed by atoms with Crippen molar-refractivity contribution in [2.75, 3.05) is 19.0 Å². The molecule has 3 heterocycles. The highest BCUT2D eigenvalue weighted by molar-refractivity contribution is 7.17. The summed E-state index contributed by atoms with van der Waals surface area (Å²) in [5, 5.41) is 21.4. The Hall–Kier alpha value is -2.82. The number of carbonyl (C=O) groups is 1. The number of hydrogen-bond donors (Lipinski definition) is 2. The molecule has 2 fully saturated rings. The summed E-state index contributed by atoms with van der Waals surface area (Å²) in [6.45, 7) is 2.40. The Labute approximate surface area is 205 Å². The smallest absolute Gasteiger partial charge is 0.295 e. The standard InChI is InChI=1S/C23H24ClN5O4S/c1-12-3-15(16-4-19(24)26-10-18(16)32-2)17(9-25-12)20(31)27-21-28-29-22(34-21)33-11-13-5-23(6-13)7-14(30)8-23/h3-4,9-10,13-14,30H,5-8,11H2,1-2H3,(H,27,28,31). The van der Waals surface area contributed by atoms with Crippen LogP contribution in [0.15, 0.2) is 24.5 Å².